The van der Waals surface area contributed by atoms with E-state index in [0.29, 0.717) is 0 Å². The average Bonchev–Trinajstić information content (AvgIpc) is 2.14. The molecule has 1 unspecified atom stereocenters. The van der Waals surface area contributed by atoms with E-state index in [1.807, 2.05) is 4.98 Å². The maximum absolute atomic E-state index is 11.7. The van der Waals surface area contributed by atoms with Gasteiger partial charge in [-0.15, -0.1) is 0 Å². The number of hydrogen-bond acceptors (Lipinski definition) is 4. The smallest absolute Gasteiger partial charge is 0.325 e. The lowest BCUT2D eigenvalue weighted by Crippen LogP contribution is -2.35. The Morgan fingerprint density at radius 1 is 1.47 bits per heavy atom. The van der Waals surface area contributed by atoms with Gasteiger partial charge in [0.2, 0.25) is 5.91 Å². The van der Waals surface area contributed by atoms with Gasteiger partial charge in [-0.1, -0.05) is 0 Å². The number of carbonyl (C=O) groups is 1. The maximum Gasteiger partial charge on any atom is 0.325 e. The first kappa shape index (κ1) is 13.2. The Kier molecular flexibility index (Phi) is 4.22. The normalized spacial score (nSPS) is 12.2. The molecule has 7 nitrogen and oxygen atoms in total. The van der Waals surface area contributed by atoms with Gasteiger partial charge in [-0.05, 0) is 6.92 Å². The summed E-state index contributed by atoms with van der Waals surface area (Å²) in [6.45, 7) is 1.77. The van der Waals surface area contributed by atoms with E-state index in [4.69, 9.17) is 5.11 Å². The summed E-state index contributed by atoms with van der Waals surface area (Å²) in [7, 11) is 1.54. The third-order valence-electron chi connectivity index (χ3n) is 2.12. The van der Waals surface area contributed by atoms with E-state index in [9.17, 15) is 14.4 Å². The number of aromatic amines is 2. The van der Waals surface area contributed by atoms with Crippen LogP contribution in [0.25, 0.3) is 0 Å². The van der Waals surface area contributed by atoms with Crippen LogP contribution in [-0.2, 0) is 11.2 Å². The summed E-state index contributed by atoms with van der Waals surface area (Å²) in [5.74, 6) is -0.285. The fourth-order valence-electron chi connectivity index (χ4n) is 1.41. The summed E-state index contributed by atoms with van der Waals surface area (Å²) in [5.41, 5.74) is -0.936. The molecule has 1 heterocycles. The Morgan fingerprint density at radius 2 is 2.12 bits per heavy atom. The molecule has 1 aromatic heterocycles. The zero-order valence-corrected chi connectivity index (χ0v) is 9.69. The highest BCUT2D eigenvalue weighted by Crippen LogP contribution is 1.95. The maximum atomic E-state index is 11.7. The number of nitrogens with zero attached hydrogens (tertiary/aromatic N) is 1. The average molecular weight is 241 g/mol. The minimum absolute atomic E-state index is 0.0810. The Hall–Kier alpha value is -1.89. The molecule has 1 rings (SSSR count). The largest absolute Gasteiger partial charge is 0.392 e. The molecule has 0 aliphatic carbocycles. The third kappa shape index (κ3) is 4.23. The van der Waals surface area contributed by atoms with Crippen LogP contribution in [0.3, 0.4) is 0 Å². The van der Waals surface area contributed by atoms with Gasteiger partial charge in [0, 0.05) is 25.4 Å². The lowest BCUT2D eigenvalue weighted by molar-refractivity contribution is -0.130. The zero-order chi connectivity index (χ0) is 13.0. The molecule has 1 atom stereocenters. The van der Waals surface area contributed by atoms with Crippen LogP contribution in [0, 0.1) is 0 Å². The Morgan fingerprint density at radius 3 is 2.65 bits per heavy atom. The Bertz CT molecular complexity index is 475. The van der Waals surface area contributed by atoms with Crippen LogP contribution < -0.4 is 11.2 Å². The molecule has 17 heavy (non-hydrogen) atoms. The van der Waals surface area contributed by atoms with Crippen LogP contribution in [0.4, 0.5) is 0 Å². The van der Waals surface area contributed by atoms with Gasteiger partial charge in [0.25, 0.3) is 5.56 Å². The van der Waals surface area contributed by atoms with Crippen molar-refractivity contribution in [2.24, 2.45) is 0 Å². The monoisotopic (exact) mass is 241 g/mol. The van der Waals surface area contributed by atoms with Crippen molar-refractivity contribution in [3.63, 3.8) is 0 Å². The number of hydrogen-bond donors (Lipinski definition) is 3. The van der Waals surface area contributed by atoms with Crippen LogP contribution >= 0.6 is 0 Å². The van der Waals surface area contributed by atoms with E-state index >= 15 is 0 Å². The van der Waals surface area contributed by atoms with Crippen molar-refractivity contribution in [2.75, 3.05) is 13.6 Å². The van der Waals surface area contributed by atoms with Crippen LogP contribution in [0.1, 0.15) is 12.6 Å². The van der Waals surface area contributed by atoms with Crippen LogP contribution in [0.5, 0.6) is 0 Å². The fraction of sp³-hybridized carbons (Fsp3) is 0.500. The first-order chi connectivity index (χ1) is 7.88. The van der Waals surface area contributed by atoms with E-state index in [2.05, 4.69) is 4.98 Å². The van der Waals surface area contributed by atoms with Crippen LogP contribution in [-0.4, -0.2) is 45.6 Å². The first-order valence-corrected chi connectivity index (χ1v) is 5.13. The summed E-state index contributed by atoms with van der Waals surface area (Å²) in [6, 6.07) is 1.16. The topological polar surface area (TPSA) is 106 Å². The lowest BCUT2D eigenvalue weighted by Gasteiger charge is -2.18. The highest BCUT2D eigenvalue weighted by atomic mass is 16.3. The molecule has 1 amide bonds. The minimum atomic E-state index is -0.640. The molecular formula is C10H15N3O4. The summed E-state index contributed by atoms with van der Waals surface area (Å²) < 4.78 is 0. The molecule has 3 N–H and O–H groups in total. The van der Waals surface area contributed by atoms with Crippen molar-refractivity contribution in [1.82, 2.24) is 14.9 Å². The summed E-state index contributed by atoms with van der Waals surface area (Å²) in [4.78, 5) is 39.3. The number of nitrogens with one attached hydrogen (secondary N) is 2. The number of aromatic nitrogens is 2. The van der Waals surface area contributed by atoms with E-state index in [1.54, 1.807) is 14.0 Å². The SMILES string of the molecule is CC(O)CN(C)C(=O)Cc1cc(=O)[nH]c(=O)[nH]1. The van der Waals surface area contributed by atoms with E-state index in [-0.39, 0.29) is 24.6 Å². The van der Waals surface area contributed by atoms with Gasteiger partial charge in [0.15, 0.2) is 0 Å². The van der Waals surface area contributed by atoms with Gasteiger partial charge in [0.05, 0.1) is 12.5 Å². The molecule has 1 aromatic rings. The number of aliphatic hydroxyl groups excluding tert-OH is 1. The molecule has 0 aliphatic rings. The molecule has 0 spiro atoms. The molecule has 0 bridgehead atoms. The molecule has 0 radical (unpaired) electrons. The molecule has 0 aliphatic heterocycles. The second-order valence-corrected chi connectivity index (χ2v) is 3.91. The van der Waals surface area contributed by atoms with Crippen molar-refractivity contribution in [1.29, 1.82) is 0 Å². The van der Waals surface area contributed by atoms with E-state index < -0.39 is 17.4 Å². The highest BCUT2D eigenvalue weighted by Gasteiger charge is 2.12. The van der Waals surface area contributed by atoms with Crippen molar-refractivity contribution in [2.45, 2.75) is 19.4 Å². The molecule has 7 heteroatoms. The van der Waals surface area contributed by atoms with Gasteiger partial charge >= 0.3 is 5.69 Å². The van der Waals surface area contributed by atoms with Crippen LogP contribution in [0.2, 0.25) is 0 Å². The minimum Gasteiger partial charge on any atom is -0.392 e. The first-order valence-electron chi connectivity index (χ1n) is 5.13. The number of aliphatic hydroxyl groups is 1. The summed E-state index contributed by atoms with van der Waals surface area (Å²) in [5, 5.41) is 9.12. The van der Waals surface area contributed by atoms with E-state index in [1.165, 1.54) is 4.90 Å². The number of rotatable bonds is 4. The van der Waals surface area contributed by atoms with Crippen molar-refractivity contribution in [3.8, 4) is 0 Å². The van der Waals surface area contributed by atoms with Crippen molar-refractivity contribution in [3.05, 3.63) is 32.6 Å². The van der Waals surface area contributed by atoms with Gasteiger partial charge in [-0.3, -0.25) is 14.6 Å². The number of H-pyrrole nitrogens is 2. The van der Waals surface area contributed by atoms with E-state index in [0.717, 1.165) is 6.07 Å². The van der Waals surface area contributed by atoms with Gasteiger partial charge in [-0.25, -0.2) is 4.79 Å². The van der Waals surface area contributed by atoms with Crippen molar-refractivity contribution < 1.29 is 9.90 Å². The summed E-state index contributed by atoms with van der Waals surface area (Å²) >= 11 is 0. The molecule has 0 saturated heterocycles. The highest BCUT2D eigenvalue weighted by molar-refractivity contribution is 5.78. The molecule has 0 saturated carbocycles. The standard InChI is InChI=1S/C10H15N3O4/c1-6(14)5-13(2)9(16)4-7-3-8(15)12-10(17)11-7/h3,6,14H,4-5H2,1-2H3,(H2,11,12,15,17). The number of likely N-dealkylation sites (N-methyl/N-ethyl adjacent to an activating group) is 1. The fourth-order valence-corrected chi connectivity index (χ4v) is 1.41. The second kappa shape index (κ2) is 5.44. The summed E-state index contributed by atoms with van der Waals surface area (Å²) in [6.07, 6.45) is -0.704. The third-order valence-corrected chi connectivity index (χ3v) is 2.12. The number of carbonyl (C=O) groups excluding carboxylic acids is 1. The van der Waals surface area contributed by atoms with Crippen molar-refractivity contribution >= 4 is 5.91 Å². The van der Waals surface area contributed by atoms with Crippen LogP contribution in [0.15, 0.2) is 15.7 Å². The molecule has 0 fully saturated rings. The quantitative estimate of drug-likeness (QED) is 0.593. The lowest BCUT2D eigenvalue weighted by atomic mass is 10.2. The molecule has 94 valence electrons. The number of amides is 1. The Labute approximate surface area is 97.1 Å². The molecule has 0 aromatic carbocycles. The van der Waals surface area contributed by atoms with Gasteiger partial charge < -0.3 is 15.0 Å². The second-order valence-electron chi connectivity index (χ2n) is 3.91. The zero-order valence-electron chi connectivity index (χ0n) is 9.69. The predicted molar refractivity (Wildman–Crippen MR) is 60.7 cm³/mol. The predicted octanol–water partition coefficient (Wildman–Crippen LogP) is -1.56. The van der Waals surface area contributed by atoms with Gasteiger partial charge in [0.1, 0.15) is 0 Å². The van der Waals surface area contributed by atoms with Gasteiger partial charge in [-0.2, -0.15) is 0 Å². The molecular weight excluding hydrogens is 226 g/mol. The Balaban J connectivity index is 2.74.